The minimum atomic E-state index is -0.816. The molecule has 2 amide bonds. The van der Waals surface area contributed by atoms with Crippen LogP contribution < -0.4 is 10.9 Å². The van der Waals surface area contributed by atoms with Crippen LogP contribution in [0.2, 0.25) is 5.02 Å². The zero-order chi connectivity index (χ0) is 21.8. The SMILES string of the molecule is Cc1noc(-c2cccs2)c1C(=O)NNC(=O)OCc1nc(-c2ccc(Cl)cc2)cs1. The Morgan fingerprint density at radius 2 is 1.97 bits per heavy atom. The van der Waals surface area contributed by atoms with Gasteiger partial charge in [-0.2, -0.15) is 0 Å². The van der Waals surface area contributed by atoms with Crippen molar-refractivity contribution in [3.05, 3.63) is 68.4 Å². The van der Waals surface area contributed by atoms with Gasteiger partial charge in [-0.3, -0.25) is 10.2 Å². The van der Waals surface area contributed by atoms with Crippen LogP contribution in [0.25, 0.3) is 21.9 Å². The Kier molecular flexibility index (Phi) is 6.31. The molecule has 0 aliphatic carbocycles. The second kappa shape index (κ2) is 9.29. The summed E-state index contributed by atoms with van der Waals surface area (Å²) in [6.45, 7) is 1.61. The third kappa shape index (κ3) is 4.93. The third-order valence-electron chi connectivity index (χ3n) is 4.13. The molecule has 4 aromatic rings. The van der Waals surface area contributed by atoms with Crippen molar-refractivity contribution in [2.45, 2.75) is 13.5 Å². The second-order valence-electron chi connectivity index (χ2n) is 6.24. The number of hydrazine groups is 1. The van der Waals surface area contributed by atoms with Gasteiger partial charge in [-0.25, -0.2) is 15.2 Å². The summed E-state index contributed by atoms with van der Waals surface area (Å²) in [7, 11) is 0. The fourth-order valence-corrected chi connectivity index (χ4v) is 4.22. The van der Waals surface area contributed by atoms with Crippen molar-refractivity contribution in [3.63, 3.8) is 0 Å². The molecule has 3 heterocycles. The van der Waals surface area contributed by atoms with E-state index in [2.05, 4.69) is 21.0 Å². The molecule has 11 heteroatoms. The van der Waals surface area contributed by atoms with Crippen LogP contribution in [0.1, 0.15) is 21.1 Å². The quantitative estimate of drug-likeness (QED) is 0.391. The number of nitrogens with one attached hydrogen (secondary N) is 2. The predicted molar refractivity (Wildman–Crippen MR) is 118 cm³/mol. The number of thiazole rings is 1. The molecule has 0 atom stereocenters. The van der Waals surface area contributed by atoms with E-state index in [-0.39, 0.29) is 12.2 Å². The lowest BCUT2D eigenvalue weighted by atomic mass is 10.1. The van der Waals surface area contributed by atoms with Gasteiger partial charge in [0.05, 0.1) is 16.3 Å². The molecule has 31 heavy (non-hydrogen) atoms. The Labute approximate surface area is 189 Å². The van der Waals surface area contributed by atoms with Crippen molar-refractivity contribution in [2.75, 3.05) is 0 Å². The number of carbonyl (C=O) groups is 2. The topological polar surface area (TPSA) is 106 Å². The van der Waals surface area contributed by atoms with E-state index in [0.717, 1.165) is 16.1 Å². The third-order valence-corrected chi connectivity index (χ3v) is 6.07. The summed E-state index contributed by atoms with van der Waals surface area (Å²) in [6.07, 6.45) is -0.816. The number of benzene rings is 1. The zero-order valence-corrected chi connectivity index (χ0v) is 18.4. The fourth-order valence-electron chi connectivity index (χ4n) is 2.68. The van der Waals surface area contributed by atoms with Crippen LogP contribution in [0.15, 0.2) is 51.7 Å². The molecule has 0 unspecified atom stereocenters. The van der Waals surface area contributed by atoms with Gasteiger partial charge in [-0.1, -0.05) is 35.0 Å². The van der Waals surface area contributed by atoms with E-state index < -0.39 is 12.0 Å². The highest BCUT2D eigenvalue weighted by atomic mass is 35.5. The van der Waals surface area contributed by atoms with Gasteiger partial charge in [0.2, 0.25) is 0 Å². The molecule has 4 rings (SSSR count). The van der Waals surface area contributed by atoms with Crippen molar-refractivity contribution in [1.82, 2.24) is 21.0 Å². The van der Waals surface area contributed by atoms with Gasteiger partial charge in [0, 0.05) is 16.0 Å². The summed E-state index contributed by atoms with van der Waals surface area (Å²) in [5.41, 5.74) is 6.86. The first kappa shape index (κ1) is 21.0. The van der Waals surface area contributed by atoms with E-state index in [1.54, 1.807) is 19.1 Å². The minimum absolute atomic E-state index is 0.0350. The zero-order valence-electron chi connectivity index (χ0n) is 16.0. The summed E-state index contributed by atoms with van der Waals surface area (Å²) < 4.78 is 10.4. The number of halogens is 1. The normalized spacial score (nSPS) is 10.6. The van der Waals surface area contributed by atoms with E-state index in [1.165, 1.54) is 22.7 Å². The highest BCUT2D eigenvalue weighted by Gasteiger charge is 2.23. The highest BCUT2D eigenvalue weighted by molar-refractivity contribution is 7.13. The lowest BCUT2D eigenvalue weighted by Gasteiger charge is -2.07. The number of nitrogens with zero attached hydrogens (tertiary/aromatic N) is 2. The Balaban J connectivity index is 1.31. The van der Waals surface area contributed by atoms with Crippen molar-refractivity contribution < 1.29 is 18.8 Å². The number of carbonyl (C=O) groups excluding carboxylic acids is 2. The Morgan fingerprint density at radius 3 is 2.71 bits per heavy atom. The van der Waals surface area contributed by atoms with Gasteiger partial charge in [-0.15, -0.1) is 22.7 Å². The number of aryl methyl sites for hydroxylation is 1. The smallest absolute Gasteiger partial charge is 0.426 e. The first-order chi connectivity index (χ1) is 15.0. The van der Waals surface area contributed by atoms with E-state index in [4.69, 9.17) is 20.9 Å². The summed E-state index contributed by atoms with van der Waals surface area (Å²) in [4.78, 5) is 29.7. The first-order valence-corrected chi connectivity index (χ1v) is 11.1. The average Bonchev–Trinajstić information content (AvgIpc) is 3.52. The summed E-state index contributed by atoms with van der Waals surface area (Å²) in [6, 6.07) is 10.9. The molecular formula is C20H15ClN4O4S2. The Morgan fingerprint density at radius 1 is 1.16 bits per heavy atom. The highest BCUT2D eigenvalue weighted by Crippen LogP contribution is 2.29. The van der Waals surface area contributed by atoms with E-state index in [9.17, 15) is 9.59 Å². The molecular weight excluding hydrogens is 460 g/mol. The number of aromatic nitrogens is 2. The number of amides is 2. The van der Waals surface area contributed by atoms with Crippen LogP contribution in [-0.2, 0) is 11.3 Å². The minimum Gasteiger partial charge on any atom is -0.441 e. The van der Waals surface area contributed by atoms with Crippen LogP contribution in [-0.4, -0.2) is 22.1 Å². The van der Waals surface area contributed by atoms with E-state index >= 15 is 0 Å². The van der Waals surface area contributed by atoms with Crippen LogP contribution in [0.4, 0.5) is 4.79 Å². The summed E-state index contributed by atoms with van der Waals surface area (Å²) in [5, 5.41) is 8.82. The standard InChI is InChI=1S/C20H15ClN4O4S2/c1-11-17(18(29-25-11)15-3-2-8-30-15)19(26)23-24-20(27)28-9-16-22-14(10-31-16)12-4-6-13(21)7-5-12/h2-8,10H,9H2,1H3,(H,23,26)(H,24,27). The fraction of sp³-hybridized carbons (Fsp3) is 0.100. The summed E-state index contributed by atoms with van der Waals surface area (Å²) in [5.74, 6) is -0.212. The van der Waals surface area contributed by atoms with E-state index in [1.807, 2.05) is 35.0 Å². The van der Waals surface area contributed by atoms with Gasteiger partial charge in [0.1, 0.15) is 17.2 Å². The van der Waals surface area contributed by atoms with Crippen LogP contribution in [0, 0.1) is 6.92 Å². The van der Waals surface area contributed by atoms with Crippen LogP contribution >= 0.6 is 34.3 Å². The maximum atomic E-state index is 12.5. The number of hydrogen-bond donors (Lipinski definition) is 2. The Hall–Kier alpha value is -3.21. The first-order valence-electron chi connectivity index (χ1n) is 8.95. The average molecular weight is 475 g/mol. The molecule has 1 aromatic carbocycles. The molecule has 0 spiro atoms. The molecule has 0 saturated heterocycles. The number of ether oxygens (including phenoxy) is 1. The Bertz CT molecular complexity index is 1200. The second-order valence-corrected chi connectivity index (χ2v) is 8.56. The number of hydrogen-bond acceptors (Lipinski definition) is 8. The predicted octanol–water partition coefficient (Wildman–Crippen LogP) is 5.06. The molecule has 0 aliphatic heterocycles. The maximum absolute atomic E-state index is 12.5. The monoisotopic (exact) mass is 474 g/mol. The molecule has 0 saturated carbocycles. The van der Waals surface area contributed by atoms with Gasteiger partial charge in [0.15, 0.2) is 5.76 Å². The van der Waals surface area contributed by atoms with Gasteiger partial charge in [0.25, 0.3) is 5.91 Å². The lowest BCUT2D eigenvalue weighted by molar-refractivity contribution is 0.0904. The van der Waals surface area contributed by atoms with Crippen LogP contribution in [0.5, 0.6) is 0 Å². The van der Waals surface area contributed by atoms with Crippen molar-refractivity contribution in [2.24, 2.45) is 0 Å². The molecule has 3 aromatic heterocycles. The molecule has 8 nitrogen and oxygen atoms in total. The molecule has 0 fully saturated rings. The maximum Gasteiger partial charge on any atom is 0.426 e. The lowest BCUT2D eigenvalue weighted by Crippen LogP contribution is -2.42. The van der Waals surface area contributed by atoms with Gasteiger partial charge >= 0.3 is 6.09 Å². The molecule has 0 radical (unpaired) electrons. The van der Waals surface area contributed by atoms with Crippen molar-refractivity contribution >= 4 is 46.3 Å². The largest absolute Gasteiger partial charge is 0.441 e. The number of thiophene rings is 1. The molecule has 0 aliphatic rings. The molecule has 0 bridgehead atoms. The van der Waals surface area contributed by atoms with Gasteiger partial charge in [-0.05, 0) is 30.5 Å². The summed E-state index contributed by atoms with van der Waals surface area (Å²) >= 11 is 8.67. The molecule has 158 valence electrons. The van der Waals surface area contributed by atoms with Crippen LogP contribution in [0.3, 0.4) is 0 Å². The molecule has 2 N–H and O–H groups in total. The van der Waals surface area contributed by atoms with Crippen molar-refractivity contribution in [3.8, 4) is 21.9 Å². The van der Waals surface area contributed by atoms with Crippen molar-refractivity contribution in [1.29, 1.82) is 0 Å². The van der Waals surface area contributed by atoms with E-state index in [0.29, 0.717) is 21.5 Å². The number of rotatable bonds is 5. The van der Waals surface area contributed by atoms with Gasteiger partial charge < -0.3 is 9.26 Å².